The van der Waals surface area contributed by atoms with Gasteiger partial charge in [0.15, 0.2) is 0 Å². The van der Waals surface area contributed by atoms with Crippen molar-refractivity contribution in [2.24, 2.45) is 0 Å². The van der Waals surface area contributed by atoms with Crippen LogP contribution in [0.15, 0.2) is 80.2 Å². The summed E-state index contributed by atoms with van der Waals surface area (Å²) in [5.41, 5.74) is 12.8. The van der Waals surface area contributed by atoms with Gasteiger partial charge in [-0.1, -0.05) is 82.1 Å². The third kappa shape index (κ3) is 2.54. The number of rotatable bonds is 1. The van der Waals surface area contributed by atoms with E-state index in [4.69, 9.17) is 0 Å². The van der Waals surface area contributed by atoms with Gasteiger partial charge in [0.2, 0.25) is 6.71 Å². The zero-order valence-corrected chi connectivity index (χ0v) is 20.2. The standard InChI is InChI=1S/C28H19BN2S2/c1-15-10-16(2)25(17(3)11-15)29-19-6-4-8-21-26(19)31-27-20(29)7-5-9-22(27)33-24-13-18(14-30)12-23(32-21)28(24)31/h4-13H,1-3H3. The molecule has 0 aliphatic carbocycles. The first kappa shape index (κ1) is 19.4. The first-order valence-electron chi connectivity index (χ1n) is 11.1. The van der Waals surface area contributed by atoms with Crippen LogP contribution in [0.3, 0.4) is 0 Å². The fourth-order valence-corrected chi connectivity index (χ4v) is 8.32. The summed E-state index contributed by atoms with van der Waals surface area (Å²) in [4.78, 5) is 7.36. The molecule has 0 fully saturated rings. The number of para-hydroxylation sites is 2. The van der Waals surface area contributed by atoms with E-state index in [0.29, 0.717) is 0 Å². The van der Waals surface area contributed by atoms with Gasteiger partial charge in [0, 0.05) is 19.6 Å². The highest BCUT2D eigenvalue weighted by molar-refractivity contribution is 8.00. The molecular weight excluding hydrogens is 439 g/mol. The van der Waals surface area contributed by atoms with Gasteiger partial charge in [-0.25, -0.2) is 0 Å². The molecule has 0 aromatic heterocycles. The molecule has 156 valence electrons. The first-order chi connectivity index (χ1) is 16.0. The summed E-state index contributed by atoms with van der Waals surface area (Å²) in [6.07, 6.45) is 0. The normalized spacial score (nSPS) is 14.1. The summed E-state index contributed by atoms with van der Waals surface area (Å²) in [6.45, 7) is 6.90. The van der Waals surface area contributed by atoms with Crippen molar-refractivity contribution in [1.29, 1.82) is 5.26 Å². The third-order valence-corrected chi connectivity index (χ3v) is 9.15. The maximum atomic E-state index is 9.64. The van der Waals surface area contributed by atoms with E-state index in [-0.39, 0.29) is 6.71 Å². The molecule has 0 spiro atoms. The lowest BCUT2D eigenvalue weighted by Gasteiger charge is -2.45. The molecule has 0 N–H and O–H groups in total. The maximum absolute atomic E-state index is 9.64. The molecule has 0 amide bonds. The van der Waals surface area contributed by atoms with Crippen LogP contribution >= 0.6 is 23.5 Å². The largest absolute Gasteiger partial charge is 0.307 e. The monoisotopic (exact) mass is 458 g/mol. The minimum atomic E-state index is 0.203. The molecule has 3 heterocycles. The highest BCUT2D eigenvalue weighted by atomic mass is 32.2. The number of hydrogen-bond donors (Lipinski definition) is 0. The second kappa shape index (κ2) is 6.73. The molecule has 7 rings (SSSR count). The zero-order valence-electron chi connectivity index (χ0n) is 18.6. The van der Waals surface area contributed by atoms with Crippen LogP contribution in [0.5, 0.6) is 0 Å². The predicted molar refractivity (Wildman–Crippen MR) is 139 cm³/mol. The van der Waals surface area contributed by atoms with Crippen LogP contribution in [0, 0.1) is 32.1 Å². The van der Waals surface area contributed by atoms with E-state index in [2.05, 4.69) is 80.3 Å². The predicted octanol–water partition coefficient (Wildman–Crippen LogP) is 5.71. The highest BCUT2D eigenvalue weighted by Gasteiger charge is 2.44. The lowest BCUT2D eigenvalue weighted by Crippen LogP contribution is -2.59. The minimum absolute atomic E-state index is 0.203. The van der Waals surface area contributed by atoms with Crippen molar-refractivity contribution in [2.45, 2.75) is 40.4 Å². The molecule has 0 saturated heterocycles. The van der Waals surface area contributed by atoms with Gasteiger partial charge in [-0.3, -0.25) is 0 Å². The Kier molecular flexibility index (Phi) is 3.96. The van der Waals surface area contributed by atoms with Crippen LogP contribution in [0.4, 0.5) is 17.1 Å². The van der Waals surface area contributed by atoms with Gasteiger partial charge in [-0.2, -0.15) is 5.26 Å². The fourth-order valence-electron chi connectivity index (χ4n) is 5.91. The summed E-state index contributed by atoms with van der Waals surface area (Å²) in [7, 11) is 0. The van der Waals surface area contributed by atoms with Crippen molar-refractivity contribution in [3.8, 4) is 6.07 Å². The Morgan fingerprint density at radius 2 is 1.27 bits per heavy atom. The van der Waals surface area contributed by atoms with Crippen molar-refractivity contribution >= 4 is 63.7 Å². The topological polar surface area (TPSA) is 27.0 Å². The van der Waals surface area contributed by atoms with Gasteiger partial charge in [0.1, 0.15) is 0 Å². The summed E-state index contributed by atoms with van der Waals surface area (Å²) >= 11 is 3.60. The van der Waals surface area contributed by atoms with E-state index in [1.165, 1.54) is 69.7 Å². The molecule has 3 aliphatic rings. The van der Waals surface area contributed by atoms with E-state index >= 15 is 0 Å². The Hall–Kier alpha value is -3.07. The van der Waals surface area contributed by atoms with Crippen LogP contribution in [-0.2, 0) is 0 Å². The Labute approximate surface area is 202 Å². The van der Waals surface area contributed by atoms with Crippen LogP contribution in [0.25, 0.3) is 0 Å². The van der Waals surface area contributed by atoms with Crippen LogP contribution in [0.1, 0.15) is 22.3 Å². The Morgan fingerprint density at radius 1 is 0.727 bits per heavy atom. The van der Waals surface area contributed by atoms with E-state index < -0.39 is 0 Å². The molecule has 4 aromatic rings. The number of benzene rings is 4. The van der Waals surface area contributed by atoms with Gasteiger partial charge in [-0.15, -0.1) is 0 Å². The molecule has 0 atom stereocenters. The second-order valence-electron chi connectivity index (χ2n) is 9.11. The first-order valence-corrected chi connectivity index (χ1v) is 12.8. The van der Waals surface area contributed by atoms with Crippen LogP contribution < -0.4 is 21.3 Å². The molecule has 3 aliphatic heterocycles. The molecule has 4 aromatic carbocycles. The molecule has 0 saturated carbocycles. The van der Waals surface area contributed by atoms with Gasteiger partial charge in [0.25, 0.3) is 0 Å². The number of nitriles is 1. The third-order valence-electron chi connectivity index (χ3n) is 6.99. The average Bonchev–Trinajstić information content (AvgIpc) is 2.79. The number of hydrogen-bond acceptors (Lipinski definition) is 4. The molecule has 0 radical (unpaired) electrons. The van der Waals surface area contributed by atoms with Gasteiger partial charge in [0.05, 0.1) is 28.7 Å². The van der Waals surface area contributed by atoms with Crippen LogP contribution in [0.2, 0.25) is 0 Å². The number of anilines is 3. The molecule has 0 unspecified atom stereocenters. The molecule has 33 heavy (non-hydrogen) atoms. The number of aryl methyl sites for hydroxylation is 3. The van der Waals surface area contributed by atoms with Crippen molar-refractivity contribution in [2.75, 3.05) is 4.90 Å². The van der Waals surface area contributed by atoms with Crippen molar-refractivity contribution in [3.63, 3.8) is 0 Å². The van der Waals surface area contributed by atoms with Crippen molar-refractivity contribution < 1.29 is 0 Å². The maximum Gasteiger partial charge on any atom is 0.247 e. The Morgan fingerprint density at radius 3 is 1.79 bits per heavy atom. The summed E-state index contributed by atoms with van der Waals surface area (Å²) in [5, 5.41) is 9.64. The molecular formula is C28H19BN2S2. The van der Waals surface area contributed by atoms with E-state index in [1.54, 1.807) is 23.5 Å². The van der Waals surface area contributed by atoms with E-state index in [9.17, 15) is 5.26 Å². The SMILES string of the molecule is Cc1cc(C)c(B2c3cccc4c3N3c5c(cc(C#N)cc5Sc5cccc2c53)S4)c(C)c1. The Bertz CT molecular complexity index is 1480. The second-order valence-corrected chi connectivity index (χ2v) is 11.3. The lowest BCUT2D eigenvalue weighted by molar-refractivity contribution is 1.09. The highest BCUT2D eigenvalue weighted by Crippen LogP contribution is 2.60. The van der Waals surface area contributed by atoms with Gasteiger partial charge < -0.3 is 4.90 Å². The Balaban J connectivity index is 1.60. The molecule has 5 heteroatoms. The zero-order chi connectivity index (χ0) is 22.4. The fraction of sp³-hybridized carbons (Fsp3) is 0.107. The summed E-state index contributed by atoms with van der Waals surface area (Å²) < 4.78 is 0. The van der Waals surface area contributed by atoms with Crippen molar-refractivity contribution in [3.05, 3.63) is 82.9 Å². The summed E-state index contributed by atoms with van der Waals surface area (Å²) in [5.74, 6) is 0. The quantitative estimate of drug-likeness (QED) is 0.295. The smallest absolute Gasteiger partial charge is 0.247 e. The minimum Gasteiger partial charge on any atom is -0.307 e. The molecule has 0 bridgehead atoms. The van der Waals surface area contributed by atoms with E-state index in [0.717, 1.165) is 5.56 Å². The number of nitrogens with zero attached hydrogens (tertiary/aromatic N) is 2. The van der Waals surface area contributed by atoms with Crippen LogP contribution in [-0.4, -0.2) is 6.71 Å². The lowest BCUT2D eigenvalue weighted by atomic mass is 9.34. The van der Waals surface area contributed by atoms with Gasteiger partial charge in [-0.05, 0) is 56.0 Å². The summed E-state index contributed by atoms with van der Waals surface area (Å²) in [6, 6.07) is 24.6. The van der Waals surface area contributed by atoms with Crippen molar-refractivity contribution in [1.82, 2.24) is 0 Å². The van der Waals surface area contributed by atoms with Gasteiger partial charge >= 0.3 is 0 Å². The molecule has 2 nitrogen and oxygen atoms in total. The average molecular weight is 458 g/mol. The van der Waals surface area contributed by atoms with E-state index in [1.807, 2.05) is 12.1 Å².